The number of ether oxygens (including phenoxy) is 1. The van der Waals surface area contributed by atoms with Crippen molar-refractivity contribution in [2.45, 2.75) is 26.6 Å². The summed E-state index contributed by atoms with van der Waals surface area (Å²) in [6.07, 6.45) is 1.60. The smallest absolute Gasteiger partial charge is 0.261 e. The van der Waals surface area contributed by atoms with Gasteiger partial charge < -0.3 is 10.1 Å². The van der Waals surface area contributed by atoms with Crippen molar-refractivity contribution in [3.05, 3.63) is 81.3 Å². The molecule has 148 valence electrons. The zero-order chi connectivity index (χ0) is 20.2. The number of benzene rings is 2. The first-order valence-corrected chi connectivity index (χ1v) is 10.6. The first-order valence-electron chi connectivity index (χ1n) is 9.31. The maximum absolute atomic E-state index is 12.5. The molecule has 2 aromatic heterocycles. The van der Waals surface area contributed by atoms with Crippen molar-refractivity contribution in [2.24, 2.45) is 0 Å². The van der Waals surface area contributed by atoms with Crippen LogP contribution < -0.4 is 10.1 Å². The quantitative estimate of drug-likeness (QED) is 0.438. The van der Waals surface area contributed by atoms with Crippen LogP contribution in [0, 0.1) is 0 Å². The Morgan fingerprint density at radius 1 is 1.21 bits per heavy atom. The molecule has 0 saturated heterocycles. The number of thiophene rings is 1. The van der Waals surface area contributed by atoms with Crippen LogP contribution in [-0.4, -0.2) is 15.7 Å². The van der Waals surface area contributed by atoms with Crippen LogP contribution in [0.1, 0.15) is 27.9 Å². The topological polar surface area (TPSA) is 56.2 Å². The van der Waals surface area contributed by atoms with E-state index in [1.807, 2.05) is 48.7 Å². The molecule has 0 aliphatic heterocycles. The standard InChI is InChI=1S/C22H20ClN3O2S/c1-2-26-20(19(23)11-25-26)12-24-22(27)21-9-15(14-29-21)13-28-18-8-7-16-5-3-4-6-17(16)10-18/h3-11,14H,2,12-13H2,1H3,(H,24,27). The van der Waals surface area contributed by atoms with Gasteiger partial charge in [-0.25, -0.2) is 0 Å². The second kappa shape index (κ2) is 8.68. The Kier molecular flexibility index (Phi) is 5.83. The molecule has 2 heterocycles. The van der Waals surface area contributed by atoms with Crippen LogP contribution in [-0.2, 0) is 19.7 Å². The molecule has 0 saturated carbocycles. The third-order valence-corrected chi connectivity index (χ3v) is 5.91. The summed E-state index contributed by atoms with van der Waals surface area (Å²) in [7, 11) is 0. The number of nitrogens with zero attached hydrogens (tertiary/aromatic N) is 2. The van der Waals surface area contributed by atoms with Crippen molar-refractivity contribution in [1.29, 1.82) is 0 Å². The van der Waals surface area contributed by atoms with Gasteiger partial charge in [0.15, 0.2) is 0 Å². The van der Waals surface area contributed by atoms with E-state index in [4.69, 9.17) is 16.3 Å². The van der Waals surface area contributed by atoms with Gasteiger partial charge in [-0.05, 0) is 41.3 Å². The van der Waals surface area contributed by atoms with Crippen LogP contribution in [0.4, 0.5) is 0 Å². The lowest BCUT2D eigenvalue weighted by Gasteiger charge is -2.07. The number of carbonyl (C=O) groups excluding carboxylic acids is 1. The van der Waals surface area contributed by atoms with E-state index in [1.165, 1.54) is 16.7 Å². The molecule has 4 rings (SSSR count). The number of hydrogen-bond acceptors (Lipinski definition) is 4. The van der Waals surface area contributed by atoms with Crippen LogP contribution >= 0.6 is 22.9 Å². The van der Waals surface area contributed by atoms with Gasteiger partial charge in [-0.2, -0.15) is 5.10 Å². The summed E-state index contributed by atoms with van der Waals surface area (Å²) in [5.41, 5.74) is 1.77. The molecule has 0 aliphatic rings. The Hall–Kier alpha value is -2.83. The SMILES string of the molecule is CCn1ncc(Cl)c1CNC(=O)c1cc(COc2ccc3ccccc3c2)cs1. The molecule has 0 radical (unpaired) electrons. The summed E-state index contributed by atoms with van der Waals surface area (Å²) < 4.78 is 7.68. The lowest BCUT2D eigenvalue weighted by Crippen LogP contribution is -2.23. The zero-order valence-electron chi connectivity index (χ0n) is 15.9. The van der Waals surface area contributed by atoms with Crippen LogP contribution in [0.15, 0.2) is 60.1 Å². The summed E-state index contributed by atoms with van der Waals surface area (Å²) in [6, 6.07) is 16.1. The molecule has 0 spiro atoms. The monoisotopic (exact) mass is 425 g/mol. The molecule has 7 heteroatoms. The molecule has 0 bridgehead atoms. The summed E-state index contributed by atoms with van der Waals surface area (Å²) in [5, 5.41) is 11.9. The number of hydrogen-bond donors (Lipinski definition) is 1. The van der Waals surface area contributed by atoms with Crippen molar-refractivity contribution in [3.63, 3.8) is 0 Å². The molecular weight excluding hydrogens is 406 g/mol. The van der Waals surface area contributed by atoms with Crippen LogP contribution in [0.2, 0.25) is 5.02 Å². The van der Waals surface area contributed by atoms with Gasteiger partial charge in [-0.15, -0.1) is 11.3 Å². The lowest BCUT2D eigenvalue weighted by atomic mass is 10.1. The minimum absolute atomic E-state index is 0.133. The van der Waals surface area contributed by atoms with Gasteiger partial charge in [0.05, 0.1) is 28.3 Å². The summed E-state index contributed by atoms with van der Waals surface area (Å²) >= 11 is 7.54. The third kappa shape index (κ3) is 4.44. The van der Waals surface area contributed by atoms with Crippen LogP contribution in [0.3, 0.4) is 0 Å². The molecule has 1 amide bonds. The van der Waals surface area contributed by atoms with Crippen molar-refractivity contribution >= 4 is 39.6 Å². The van der Waals surface area contributed by atoms with Crippen molar-refractivity contribution in [3.8, 4) is 5.75 Å². The van der Waals surface area contributed by atoms with Crippen LogP contribution in [0.5, 0.6) is 5.75 Å². The molecule has 29 heavy (non-hydrogen) atoms. The molecule has 0 unspecified atom stereocenters. The maximum Gasteiger partial charge on any atom is 0.261 e. The molecule has 0 fully saturated rings. The van der Waals surface area contributed by atoms with Gasteiger partial charge in [-0.1, -0.05) is 41.9 Å². The zero-order valence-corrected chi connectivity index (χ0v) is 17.5. The van der Waals surface area contributed by atoms with E-state index in [1.54, 1.807) is 10.9 Å². The molecule has 0 aliphatic carbocycles. The van der Waals surface area contributed by atoms with E-state index in [-0.39, 0.29) is 5.91 Å². The Bertz CT molecular complexity index is 1150. The van der Waals surface area contributed by atoms with Gasteiger partial charge in [0.1, 0.15) is 12.4 Å². The van der Waals surface area contributed by atoms with Gasteiger partial charge in [-0.3, -0.25) is 9.48 Å². The van der Waals surface area contributed by atoms with Crippen molar-refractivity contribution in [1.82, 2.24) is 15.1 Å². The minimum atomic E-state index is -0.133. The van der Waals surface area contributed by atoms with E-state index >= 15 is 0 Å². The normalized spacial score (nSPS) is 11.0. The largest absolute Gasteiger partial charge is 0.489 e. The highest BCUT2D eigenvalue weighted by atomic mass is 35.5. The molecule has 0 atom stereocenters. The molecule has 5 nitrogen and oxygen atoms in total. The fourth-order valence-corrected chi connectivity index (χ4v) is 4.10. The number of fused-ring (bicyclic) bond motifs is 1. The van der Waals surface area contributed by atoms with E-state index in [0.717, 1.165) is 22.4 Å². The lowest BCUT2D eigenvalue weighted by molar-refractivity contribution is 0.0954. The second-order valence-corrected chi connectivity index (χ2v) is 7.87. The molecule has 2 aromatic carbocycles. The Morgan fingerprint density at radius 2 is 2.03 bits per heavy atom. The number of nitrogens with one attached hydrogen (secondary N) is 1. The van der Waals surface area contributed by atoms with Gasteiger partial charge in [0.25, 0.3) is 5.91 Å². The van der Waals surface area contributed by atoms with Crippen molar-refractivity contribution < 1.29 is 9.53 Å². The number of amides is 1. The van der Waals surface area contributed by atoms with E-state index in [9.17, 15) is 4.79 Å². The average Bonchev–Trinajstić information content (AvgIpc) is 3.37. The van der Waals surface area contributed by atoms with E-state index in [2.05, 4.69) is 22.5 Å². The number of halogens is 1. The fraction of sp³-hybridized carbons (Fsp3) is 0.182. The number of aromatic nitrogens is 2. The Labute approximate surface area is 177 Å². The fourth-order valence-electron chi connectivity index (χ4n) is 3.08. The van der Waals surface area contributed by atoms with E-state index in [0.29, 0.717) is 29.6 Å². The predicted octanol–water partition coefficient (Wildman–Crippen LogP) is 5.28. The van der Waals surface area contributed by atoms with E-state index < -0.39 is 0 Å². The second-order valence-electron chi connectivity index (χ2n) is 6.55. The highest BCUT2D eigenvalue weighted by Crippen LogP contribution is 2.23. The molecule has 1 N–H and O–H groups in total. The third-order valence-electron chi connectivity index (χ3n) is 4.62. The van der Waals surface area contributed by atoms with Gasteiger partial charge in [0, 0.05) is 12.1 Å². The molecule has 4 aromatic rings. The maximum atomic E-state index is 12.5. The summed E-state index contributed by atoms with van der Waals surface area (Å²) in [5.74, 6) is 0.676. The number of carbonyl (C=O) groups is 1. The summed E-state index contributed by atoms with van der Waals surface area (Å²) in [4.78, 5) is 13.1. The predicted molar refractivity (Wildman–Crippen MR) is 117 cm³/mol. The highest BCUT2D eigenvalue weighted by Gasteiger charge is 2.13. The number of aryl methyl sites for hydroxylation is 1. The Balaban J connectivity index is 1.36. The van der Waals surface area contributed by atoms with Gasteiger partial charge in [0.2, 0.25) is 0 Å². The highest BCUT2D eigenvalue weighted by molar-refractivity contribution is 7.12. The first-order chi connectivity index (χ1) is 14.1. The minimum Gasteiger partial charge on any atom is -0.489 e. The first kappa shape index (κ1) is 19.5. The van der Waals surface area contributed by atoms with Gasteiger partial charge >= 0.3 is 0 Å². The Morgan fingerprint density at radius 3 is 2.86 bits per heavy atom. The average molecular weight is 426 g/mol. The van der Waals surface area contributed by atoms with Crippen molar-refractivity contribution in [2.75, 3.05) is 0 Å². The number of rotatable bonds is 7. The molecular formula is C22H20ClN3O2S. The van der Waals surface area contributed by atoms with Crippen LogP contribution in [0.25, 0.3) is 10.8 Å². The summed E-state index contributed by atoms with van der Waals surface area (Å²) in [6.45, 7) is 3.44.